The highest BCUT2D eigenvalue weighted by Crippen LogP contribution is 2.18. The Morgan fingerprint density at radius 2 is 2.09 bits per heavy atom. The molecular formula is C16H16ClN5O. The van der Waals surface area contributed by atoms with Gasteiger partial charge in [-0.05, 0) is 24.6 Å². The summed E-state index contributed by atoms with van der Waals surface area (Å²) in [5.41, 5.74) is 1.11. The van der Waals surface area contributed by atoms with Gasteiger partial charge in [-0.2, -0.15) is 5.10 Å². The fourth-order valence-corrected chi connectivity index (χ4v) is 2.41. The van der Waals surface area contributed by atoms with Crippen molar-refractivity contribution in [2.45, 2.75) is 13.0 Å². The van der Waals surface area contributed by atoms with E-state index < -0.39 is 0 Å². The molecule has 118 valence electrons. The van der Waals surface area contributed by atoms with Crippen LogP contribution in [0.1, 0.15) is 16.9 Å². The first-order valence-electron chi connectivity index (χ1n) is 7.28. The average Bonchev–Trinajstić information content (AvgIpc) is 3.23. The summed E-state index contributed by atoms with van der Waals surface area (Å²) < 4.78 is 3.57. The van der Waals surface area contributed by atoms with Crippen LogP contribution in [0.15, 0.2) is 55.2 Å². The van der Waals surface area contributed by atoms with Crippen LogP contribution in [0.2, 0.25) is 5.02 Å². The van der Waals surface area contributed by atoms with Crippen molar-refractivity contribution in [2.75, 3.05) is 6.54 Å². The molecule has 23 heavy (non-hydrogen) atoms. The minimum Gasteiger partial charge on any atom is -0.351 e. The molecule has 0 unspecified atom stereocenters. The van der Waals surface area contributed by atoms with Crippen molar-refractivity contribution < 1.29 is 4.79 Å². The fraction of sp³-hybridized carbons (Fsp3) is 0.188. The second kappa shape index (κ2) is 7.11. The number of benzene rings is 1. The van der Waals surface area contributed by atoms with Gasteiger partial charge in [-0.15, -0.1) is 0 Å². The zero-order valence-corrected chi connectivity index (χ0v) is 13.1. The Morgan fingerprint density at radius 3 is 2.87 bits per heavy atom. The molecule has 0 saturated carbocycles. The topological polar surface area (TPSA) is 64.7 Å². The van der Waals surface area contributed by atoms with Crippen LogP contribution in [0.3, 0.4) is 0 Å². The molecule has 1 amide bonds. The molecule has 0 radical (unpaired) electrons. The number of imidazole rings is 1. The van der Waals surface area contributed by atoms with E-state index in [0.29, 0.717) is 17.3 Å². The number of para-hydroxylation sites is 1. The van der Waals surface area contributed by atoms with Gasteiger partial charge >= 0.3 is 0 Å². The molecule has 0 aliphatic carbocycles. The molecule has 7 heteroatoms. The van der Waals surface area contributed by atoms with Gasteiger partial charge in [0.05, 0.1) is 17.0 Å². The summed E-state index contributed by atoms with van der Waals surface area (Å²) in [4.78, 5) is 16.1. The number of nitrogens with zero attached hydrogens (tertiary/aromatic N) is 4. The smallest absolute Gasteiger partial charge is 0.271 e. The van der Waals surface area contributed by atoms with Gasteiger partial charge in [0.2, 0.25) is 0 Å². The highest BCUT2D eigenvalue weighted by Gasteiger charge is 2.10. The zero-order valence-electron chi connectivity index (χ0n) is 12.4. The van der Waals surface area contributed by atoms with Gasteiger partial charge in [0.1, 0.15) is 0 Å². The van der Waals surface area contributed by atoms with Crippen molar-refractivity contribution in [2.24, 2.45) is 0 Å². The molecule has 0 saturated heterocycles. The maximum Gasteiger partial charge on any atom is 0.271 e. The van der Waals surface area contributed by atoms with Crippen LogP contribution in [-0.4, -0.2) is 31.8 Å². The number of hydrogen-bond acceptors (Lipinski definition) is 3. The lowest BCUT2D eigenvalue weighted by atomic mass is 10.3. The van der Waals surface area contributed by atoms with E-state index in [1.165, 1.54) is 0 Å². The molecule has 1 aromatic carbocycles. The van der Waals surface area contributed by atoms with E-state index >= 15 is 0 Å². The monoisotopic (exact) mass is 329 g/mol. The summed E-state index contributed by atoms with van der Waals surface area (Å²) >= 11 is 6.13. The van der Waals surface area contributed by atoms with Crippen LogP contribution < -0.4 is 5.32 Å². The van der Waals surface area contributed by atoms with Crippen LogP contribution in [0.5, 0.6) is 0 Å². The number of amides is 1. The molecule has 1 N–H and O–H groups in total. The van der Waals surface area contributed by atoms with Crippen molar-refractivity contribution in [3.63, 3.8) is 0 Å². The van der Waals surface area contributed by atoms with Crippen LogP contribution >= 0.6 is 11.6 Å². The van der Waals surface area contributed by atoms with E-state index in [1.807, 2.05) is 29.0 Å². The first-order valence-corrected chi connectivity index (χ1v) is 7.66. The minimum absolute atomic E-state index is 0.193. The van der Waals surface area contributed by atoms with Gasteiger partial charge in [-0.1, -0.05) is 23.7 Å². The van der Waals surface area contributed by atoms with Gasteiger partial charge in [0.25, 0.3) is 5.91 Å². The van der Waals surface area contributed by atoms with Crippen LogP contribution in [-0.2, 0) is 6.54 Å². The lowest BCUT2D eigenvalue weighted by Gasteiger charge is -2.05. The second-order valence-corrected chi connectivity index (χ2v) is 5.41. The zero-order chi connectivity index (χ0) is 16.1. The molecule has 3 aromatic rings. The van der Waals surface area contributed by atoms with Gasteiger partial charge in [0, 0.05) is 31.7 Å². The number of aromatic nitrogens is 4. The number of carbonyl (C=O) groups excluding carboxylic acids is 1. The van der Waals surface area contributed by atoms with Crippen LogP contribution in [0, 0.1) is 0 Å². The van der Waals surface area contributed by atoms with E-state index in [2.05, 4.69) is 15.4 Å². The number of rotatable bonds is 6. The molecule has 2 heterocycles. The predicted molar refractivity (Wildman–Crippen MR) is 87.8 cm³/mol. The standard InChI is InChI=1S/C16H16ClN5O/c17-13-4-1-2-5-15(13)22-10-6-14(20-22)16(23)19-7-3-9-21-11-8-18-12-21/h1-2,4-6,8,10-12H,3,7,9H2,(H,19,23). The van der Waals surface area contributed by atoms with Crippen molar-refractivity contribution in [1.29, 1.82) is 0 Å². The van der Waals surface area contributed by atoms with Crippen LogP contribution in [0.25, 0.3) is 5.69 Å². The maximum absolute atomic E-state index is 12.1. The van der Waals surface area contributed by atoms with E-state index in [9.17, 15) is 4.79 Å². The molecule has 0 atom stereocenters. The predicted octanol–water partition coefficient (Wildman–Crippen LogP) is 2.54. The van der Waals surface area contributed by atoms with Gasteiger partial charge in [0.15, 0.2) is 5.69 Å². The van der Waals surface area contributed by atoms with Gasteiger partial charge < -0.3 is 9.88 Å². The van der Waals surface area contributed by atoms with E-state index in [0.717, 1.165) is 18.7 Å². The van der Waals surface area contributed by atoms with E-state index in [-0.39, 0.29) is 5.91 Å². The quantitative estimate of drug-likeness (QED) is 0.707. The van der Waals surface area contributed by atoms with Crippen molar-refractivity contribution >= 4 is 17.5 Å². The highest BCUT2D eigenvalue weighted by atomic mass is 35.5. The molecule has 0 fully saturated rings. The Balaban J connectivity index is 1.55. The molecule has 0 aliphatic rings. The number of aryl methyl sites for hydroxylation is 1. The SMILES string of the molecule is O=C(NCCCn1ccnc1)c1ccn(-c2ccccc2Cl)n1. The normalized spacial score (nSPS) is 10.7. The number of carbonyl (C=O) groups is 1. The molecule has 0 aliphatic heterocycles. The largest absolute Gasteiger partial charge is 0.351 e. The summed E-state index contributed by atoms with van der Waals surface area (Å²) in [5, 5.41) is 7.72. The van der Waals surface area contributed by atoms with Gasteiger partial charge in [-0.3, -0.25) is 4.79 Å². The third-order valence-corrected chi connectivity index (χ3v) is 3.68. The van der Waals surface area contributed by atoms with Crippen molar-refractivity contribution in [3.8, 4) is 5.69 Å². The Bertz CT molecular complexity index is 781. The Labute approximate surface area is 138 Å². The first kappa shape index (κ1) is 15.3. The molecule has 2 aromatic heterocycles. The van der Waals surface area contributed by atoms with E-state index in [4.69, 9.17) is 11.6 Å². The van der Waals surface area contributed by atoms with Crippen molar-refractivity contribution in [1.82, 2.24) is 24.6 Å². The number of hydrogen-bond donors (Lipinski definition) is 1. The molecule has 3 rings (SSSR count). The Hall–Kier alpha value is -2.60. The molecule has 6 nitrogen and oxygen atoms in total. The van der Waals surface area contributed by atoms with E-state index in [1.54, 1.807) is 35.5 Å². The van der Waals surface area contributed by atoms with Crippen LogP contribution in [0.4, 0.5) is 0 Å². The summed E-state index contributed by atoms with van der Waals surface area (Å²) in [6.45, 7) is 1.39. The molecular weight excluding hydrogens is 314 g/mol. The Morgan fingerprint density at radius 1 is 1.22 bits per heavy atom. The molecule has 0 spiro atoms. The maximum atomic E-state index is 12.1. The van der Waals surface area contributed by atoms with Crippen molar-refractivity contribution in [3.05, 3.63) is 66.0 Å². The third-order valence-electron chi connectivity index (χ3n) is 3.36. The van der Waals surface area contributed by atoms with Gasteiger partial charge in [-0.25, -0.2) is 9.67 Å². The lowest BCUT2D eigenvalue weighted by Crippen LogP contribution is -2.25. The third kappa shape index (κ3) is 3.78. The second-order valence-electron chi connectivity index (χ2n) is 5.01. The summed E-state index contributed by atoms with van der Waals surface area (Å²) in [5.74, 6) is -0.193. The Kier molecular flexibility index (Phi) is 4.73. The minimum atomic E-state index is -0.193. The highest BCUT2D eigenvalue weighted by molar-refractivity contribution is 6.32. The number of nitrogens with one attached hydrogen (secondary N) is 1. The summed E-state index contributed by atoms with van der Waals surface area (Å²) in [7, 11) is 0. The number of halogens is 1. The fourth-order valence-electron chi connectivity index (χ4n) is 2.19. The first-order chi connectivity index (χ1) is 11.2. The molecule has 0 bridgehead atoms. The summed E-state index contributed by atoms with van der Waals surface area (Å²) in [6, 6.07) is 9.03. The lowest BCUT2D eigenvalue weighted by molar-refractivity contribution is 0.0947. The average molecular weight is 330 g/mol. The summed E-state index contributed by atoms with van der Waals surface area (Å²) in [6.07, 6.45) is 7.94.